The summed E-state index contributed by atoms with van der Waals surface area (Å²) in [4.78, 5) is 0. The fourth-order valence-corrected chi connectivity index (χ4v) is 1.26. The van der Waals surface area contributed by atoms with Crippen LogP contribution in [0.3, 0.4) is 0 Å². The molecule has 2 N–H and O–H groups in total. The number of hydrogen-bond acceptors (Lipinski definition) is 2. The minimum atomic E-state index is -1.06. The van der Waals surface area contributed by atoms with Gasteiger partial charge in [0.25, 0.3) is 0 Å². The zero-order valence-corrected chi connectivity index (χ0v) is 4.88. The van der Waals surface area contributed by atoms with Crippen molar-refractivity contribution in [1.82, 2.24) is 0 Å². The summed E-state index contributed by atoms with van der Waals surface area (Å²) in [6.07, 6.45) is 3.28. The second-order valence-electron chi connectivity index (χ2n) is 2.46. The summed E-state index contributed by atoms with van der Waals surface area (Å²) >= 11 is 0. The van der Waals surface area contributed by atoms with Crippen molar-refractivity contribution in [1.29, 1.82) is 0 Å². The molecule has 0 bridgehead atoms. The second kappa shape index (κ2) is 2.46. The Morgan fingerprint density at radius 1 is 1.12 bits per heavy atom. The summed E-state index contributed by atoms with van der Waals surface area (Å²) in [6, 6.07) is 0. The molecule has 0 aromatic carbocycles. The maximum atomic E-state index is 8.61. The first-order valence-electron chi connectivity index (χ1n) is 3.17. The van der Waals surface area contributed by atoms with Crippen LogP contribution in [0.2, 0.25) is 0 Å². The van der Waals surface area contributed by atoms with Crippen LogP contribution in [0.4, 0.5) is 0 Å². The minimum Gasteiger partial charge on any atom is -0.368 e. The molecular formula is C6H12O2. The lowest BCUT2D eigenvalue weighted by Crippen LogP contribution is -2.15. The van der Waals surface area contributed by atoms with Gasteiger partial charge in [0.05, 0.1) is 0 Å². The molecule has 1 aliphatic carbocycles. The molecule has 0 aromatic heterocycles. The first-order chi connectivity index (χ1) is 3.80. The van der Waals surface area contributed by atoms with Gasteiger partial charge >= 0.3 is 0 Å². The van der Waals surface area contributed by atoms with Gasteiger partial charge < -0.3 is 10.2 Å². The van der Waals surface area contributed by atoms with Crippen LogP contribution in [-0.2, 0) is 0 Å². The summed E-state index contributed by atoms with van der Waals surface area (Å²) < 4.78 is 0. The van der Waals surface area contributed by atoms with Gasteiger partial charge in [-0.05, 0) is 12.8 Å². The molecule has 1 rings (SSSR count). The largest absolute Gasteiger partial charge is 0.368 e. The molecule has 0 aliphatic heterocycles. The highest BCUT2D eigenvalue weighted by molar-refractivity contribution is 4.67. The van der Waals surface area contributed by atoms with Crippen molar-refractivity contribution in [3.63, 3.8) is 0 Å². The normalized spacial score (nSPS) is 22.9. The summed E-state index contributed by atoms with van der Waals surface area (Å²) in [5.41, 5.74) is 0. The molecule has 0 spiro atoms. The number of hydrogen-bond donors (Lipinski definition) is 2. The van der Waals surface area contributed by atoms with Crippen LogP contribution in [0.5, 0.6) is 0 Å². The van der Waals surface area contributed by atoms with Gasteiger partial charge in [-0.2, -0.15) is 0 Å². The van der Waals surface area contributed by atoms with Gasteiger partial charge in [-0.1, -0.05) is 12.8 Å². The van der Waals surface area contributed by atoms with Crippen molar-refractivity contribution >= 4 is 0 Å². The van der Waals surface area contributed by atoms with Crippen LogP contribution in [-0.4, -0.2) is 16.5 Å². The molecule has 0 radical (unpaired) electrons. The third-order valence-electron chi connectivity index (χ3n) is 1.82. The zero-order valence-electron chi connectivity index (χ0n) is 4.88. The second-order valence-corrected chi connectivity index (χ2v) is 2.46. The fourth-order valence-electron chi connectivity index (χ4n) is 1.26. The van der Waals surface area contributed by atoms with Gasteiger partial charge in [-0.3, -0.25) is 0 Å². The molecule has 48 valence electrons. The lowest BCUT2D eigenvalue weighted by Gasteiger charge is -2.09. The predicted molar refractivity (Wildman–Crippen MR) is 30.2 cm³/mol. The highest BCUT2D eigenvalue weighted by Crippen LogP contribution is 2.26. The molecule has 1 saturated carbocycles. The predicted octanol–water partition coefficient (Wildman–Crippen LogP) is 0.487. The molecule has 0 unspecified atom stereocenters. The van der Waals surface area contributed by atoms with Gasteiger partial charge in [0.15, 0.2) is 6.29 Å². The quantitative estimate of drug-likeness (QED) is 0.489. The van der Waals surface area contributed by atoms with E-state index in [1.807, 2.05) is 0 Å². The number of aliphatic hydroxyl groups is 2. The van der Waals surface area contributed by atoms with Crippen LogP contribution in [0.15, 0.2) is 0 Å². The Hall–Kier alpha value is -0.0800. The van der Waals surface area contributed by atoms with Crippen molar-refractivity contribution in [2.45, 2.75) is 32.0 Å². The third-order valence-corrected chi connectivity index (χ3v) is 1.82. The summed E-state index contributed by atoms with van der Waals surface area (Å²) in [5.74, 6) is 0.176. The number of rotatable bonds is 1. The maximum Gasteiger partial charge on any atom is 0.154 e. The van der Waals surface area contributed by atoms with Crippen molar-refractivity contribution in [2.24, 2.45) is 5.92 Å². The van der Waals surface area contributed by atoms with Gasteiger partial charge in [0.2, 0.25) is 0 Å². The Kier molecular flexibility index (Phi) is 1.86. The van der Waals surface area contributed by atoms with Crippen LogP contribution in [0.25, 0.3) is 0 Å². The zero-order chi connectivity index (χ0) is 5.98. The van der Waals surface area contributed by atoms with Gasteiger partial charge in [-0.25, -0.2) is 0 Å². The molecule has 0 atom stereocenters. The molecule has 0 saturated heterocycles. The first-order valence-corrected chi connectivity index (χ1v) is 3.17. The Labute approximate surface area is 49.1 Å². The standard InChI is InChI=1S/C6H12O2/c7-6(8)5-3-1-2-4-5/h5-8H,1-4H2. The lowest BCUT2D eigenvalue weighted by molar-refractivity contribution is -0.0814. The minimum absolute atomic E-state index is 0.176. The lowest BCUT2D eigenvalue weighted by atomic mass is 10.1. The number of aliphatic hydroxyl groups excluding tert-OH is 1. The highest BCUT2D eigenvalue weighted by atomic mass is 16.5. The Balaban J connectivity index is 2.24. The molecule has 0 amide bonds. The van der Waals surface area contributed by atoms with Crippen LogP contribution in [0, 0.1) is 5.92 Å². The Bertz CT molecular complexity index is 64.9. The Morgan fingerprint density at radius 3 is 1.88 bits per heavy atom. The average Bonchev–Trinajstić information content (AvgIpc) is 2.12. The van der Waals surface area contributed by atoms with E-state index < -0.39 is 6.29 Å². The van der Waals surface area contributed by atoms with E-state index in [4.69, 9.17) is 10.2 Å². The van der Waals surface area contributed by atoms with Crippen LogP contribution in [0.1, 0.15) is 25.7 Å². The van der Waals surface area contributed by atoms with Gasteiger partial charge in [0.1, 0.15) is 0 Å². The van der Waals surface area contributed by atoms with Crippen molar-refractivity contribution in [2.75, 3.05) is 0 Å². The van der Waals surface area contributed by atoms with E-state index in [1.54, 1.807) is 0 Å². The molecule has 1 fully saturated rings. The summed E-state index contributed by atoms with van der Waals surface area (Å²) in [6.45, 7) is 0. The maximum absolute atomic E-state index is 8.61. The molecule has 1 aliphatic rings. The molecule has 2 nitrogen and oxygen atoms in total. The SMILES string of the molecule is OC(O)C1CCCC1. The van der Waals surface area contributed by atoms with Gasteiger partial charge in [-0.15, -0.1) is 0 Å². The van der Waals surface area contributed by atoms with Crippen molar-refractivity contribution in [3.05, 3.63) is 0 Å². The van der Waals surface area contributed by atoms with Crippen LogP contribution >= 0.6 is 0 Å². The fraction of sp³-hybridized carbons (Fsp3) is 1.00. The van der Waals surface area contributed by atoms with Crippen molar-refractivity contribution < 1.29 is 10.2 Å². The van der Waals surface area contributed by atoms with E-state index in [0.29, 0.717) is 0 Å². The molecule has 0 aromatic rings. The van der Waals surface area contributed by atoms with Crippen LogP contribution < -0.4 is 0 Å². The van der Waals surface area contributed by atoms with E-state index in [2.05, 4.69) is 0 Å². The van der Waals surface area contributed by atoms with E-state index >= 15 is 0 Å². The molecule has 2 heteroatoms. The van der Waals surface area contributed by atoms with E-state index in [0.717, 1.165) is 12.8 Å². The van der Waals surface area contributed by atoms with E-state index in [1.165, 1.54) is 12.8 Å². The summed E-state index contributed by atoms with van der Waals surface area (Å²) in [5, 5.41) is 17.2. The molecule has 0 heterocycles. The van der Waals surface area contributed by atoms with E-state index in [9.17, 15) is 0 Å². The monoisotopic (exact) mass is 116 g/mol. The molecule has 8 heavy (non-hydrogen) atoms. The topological polar surface area (TPSA) is 40.5 Å². The Morgan fingerprint density at radius 2 is 1.62 bits per heavy atom. The highest BCUT2D eigenvalue weighted by Gasteiger charge is 2.20. The van der Waals surface area contributed by atoms with Crippen molar-refractivity contribution in [3.8, 4) is 0 Å². The molecular weight excluding hydrogens is 104 g/mol. The average molecular weight is 116 g/mol. The van der Waals surface area contributed by atoms with E-state index in [-0.39, 0.29) is 5.92 Å². The smallest absolute Gasteiger partial charge is 0.154 e. The third kappa shape index (κ3) is 1.20. The van der Waals surface area contributed by atoms with Gasteiger partial charge in [0, 0.05) is 5.92 Å². The summed E-state index contributed by atoms with van der Waals surface area (Å²) in [7, 11) is 0. The first kappa shape index (κ1) is 6.05.